The number of benzene rings is 2. The van der Waals surface area contributed by atoms with Crippen LogP contribution in [-0.4, -0.2) is 28.8 Å². The lowest BCUT2D eigenvalue weighted by atomic mass is 9.76. The summed E-state index contributed by atoms with van der Waals surface area (Å²) in [5.41, 5.74) is 4.15. The molecule has 0 unspecified atom stereocenters. The molecule has 0 spiro atoms. The number of rotatable bonds is 3. The lowest BCUT2D eigenvalue weighted by molar-refractivity contribution is -0.384. The van der Waals surface area contributed by atoms with E-state index >= 15 is 0 Å². The minimum Gasteiger partial charge on any atom is -0.378 e. The number of nitro groups is 1. The molecule has 5 rings (SSSR count). The van der Waals surface area contributed by atoms with Gasteiger partial charge < -0.3 is 10.2 Å². The molecule has 0 radical (unpaired) electrons. The summed E-state index contributed by atoms with van der Waals surface area (Å²) < 4.78 is 0. The Hall–Kier alpha value is -3.15. The number of nitrogens with zero attached hydrogens (tertiary/aromatic N) is 2. The van der Waals surface area contributed by atoms with Crippen LogP contribution in [0.1, 0.15) is 59.1 Å². The van der Waals surface area contributed by atoms with Gasteiger partial charge in [0, 0.05) is 42.4 Å². The third kappa shape index (κ3) is 3.26. The molecule has 2 heterocycles. The molecule has 2 aromatic rings. The van der Waals surface area contributed by atoms with E-state index in [2.05, 4.69) is 23.5 Å². The van der Waals surface area contributed by atoms with Gasteiger partial charge in [-0.15, -0.1) is 0 Å². The number of fused-ring (bicyclic) bond motifs is 3. The van der Waals surface area contributed by atoms with Crippen LogP contribution in [0.3, 0.4) is 0 Å². The number of hydrogen-bond acceptors (Lipinski definition) is 4. The van der Waals surface area contributed by atoms with E-state index in [1.165, 1.54) is 12.0 Å². The van der Waals surface area contributed by atoms with Gasteiger partial charge in [0.05, 0.1) is 11.0 Å². The third-order valence-corrected chi connectivity index (χ3v) is 6.72. The fourth-order valence-corrected chi connectivity index (χ4v) is 5.14. The van der Waals surface area contributed by atoms with Gasteiger partial charge in [0.2, 0.25) is 0 Å². The van der Waals surface area contributed by atoms with Crippen molar-refractivity contribution in [1.82, 2.24) is 4.90 Å². The van der Waals surface area contributed by atoms with Crippen LogP contribution in [-0.2, 0) is 0 Å². The summed E-state index contributed by atoms with van der Waals surface area (Å²) in [4.78, 5) is 25.6. The zero-order valence-corrected chi connectivity index (χ0v) is 16.8. The van der Waals surface area contributed by atoms with Crippen LogP contribution < -0.4 is 5.32 Å². The first-order valence-corrected chi connectivity index (χ1v) is 10.7. The van der Waals surface area contributed by atoms with E-state index in [4.69, 9.17) is 0 Å². The maximum Gasteiger partial charge on any atom is 0.269 e. The minimum atomic E-state index is -0.367. The van der Waals surface area contributed by atoms with E-state index in [1.54, 1.807) is 12.1 Å². The fourth-order valence-electron chi connectivity index (χ4n) is 5.14. The summed E-state index contributed by atoms with van der Waals surface area (Å²) in [6, 6.07) is 13.0. The molecule has 1 aliphatic carbocycles. The highest BCUT2D eigenvalue weighted by Crippen LogP contribution is 2.50. The summed E-state index contributed by atoms with van der Waals surface area (Å²) in [6.07, 6.45) is 8.78. The van der Waals surface area contributed by atoms with Crippen molar-refractivity contribution in [3.05, 3.63) is 81.4 Å². The second kappa shape index (κ2) is 7.59. The SMILES string of the molecule is O=C(c1ccc2c(c1)[C@H]1C=CC[C@H]1[C@@H](c1ccc([N+](=O)[O-])cc1)N2)N1CCCCC1. The number of hydrogen-bond donors (Lipinski definition) is 1. The number of nitro benzene ring substituents is 1. The van der Waals surface area contributed by atoms with Crippen LogP contribution in [0.4, 0.5) is 11.4 Å². The quantitative estimate of drug-likeness (QED) is 0.442. The lowest BCUT2D eigenvalue weighted by Crippen LogP contribution is -2.36. The molecule has 154 valence electrons. The molecule has 2 aliphatic heterocycles. The maximum atomic E-state index is 13.0. The average Bonchev–Trinajstić information content (AvgIpc) is 3.29. The maximum absolute atomic E-state index is 13.0. The Labute approximate surface area is 175 Å². The summed E-state index contributed by atoms with van der Waals surface area (Å²) in [5, 5.41) is 14.6. The van der Waals surface area contributed by atoms with Gasteiger partial charge in [0.1, 0.15) is 0 Å². The lowest BCUT2D eigenvalue weighted by Gasteiger charge is -2.38. The van der Waals surface area contributed by atoms with Gasteiger partial charge in [-0.1, -0.05) is 24.3 Å². The van der Waals surface area contributed by atoms with Crippen LogP contribution in [0.15, 0.2) is 54.6 Å². The molecule has 1 N–H and O–H groups in total. The molecular weight excluding hydrogens is 378 g/mol. The zero-order chi connectivity index (χ0) is 20.7. The van der Waals surface area contributed by atoms with E-state index in [9.17, 15) is 14.9 Å². The van der Waals surface area contributed by atoms with Crippen LogP contribution in [0, 0.1) is 16.0 Å². The normalized spacial score (nSPS) is 24.7. The number of nitrogens with one attached hydrogen (secondary N) is 1. The largest absolute Gasteiger partial charge is 0.378 e. The van der Waals surface area contributed by atoms with E-state index < -0.39 is 0 Å². The summed E-state index contributed by atoms with van der Waals surface area (Å²) in [7, 11) is 0. The molecule has 6 heteroatoms. The molecule has 30 heavy (non-hydrogen) atoms. The number of carbonyl (C=O) groups excluding carboxylic acids is 1. The van der Waals surface area contributed by atoms with Crippen molar-refractivity contribution >= 4 is 17.3 Å². The average molecular weight is 403 g/mol. The van der Waals surface area contributed by atoms with Crippen molar-refractivity contribution in [2.75, 3.05) is 18.4 Å². The van der Waals surface area contributed by atoms with Gasteiger partial charge >= 0.3 is 0 Å². The van der Waals surface area contributed by atoms with Gasteiger partial charge in [0.25, 0.3) is 11.6 Å². The van der Waals surface area contributed by atoms with Crippen LogP contribution in [0.25, 0.3) is 0 Å². The Bertz CT molecular complexity index is 1010. The second-order valence-electron chi connectivity index (χ2n) is 8.48. The molecule has 3 atom stereocenters. The highest BCUT2D eigenvalue weighted by molar-refractivity contribution is 5.95. The molecule has 2 aromatic carbocycles. The first kappa shape index (κ1) is 18.9. The predicted octanol–water partition coefficient (Wildman–Crippen LogP) is 5.05. The molecule has 0 saturated carbocycles. The first-order chi connectivity index (χ1) is 14.6. The van der Waals surface area contributed by atoms with Crippen molar-refractivity contribution in [2.24, 2.45) is 5.92 Å². The molecule has 1 fully saturated rings. The van der Waals surface area contributed by atoms with Crippen molar-refractivity contribution < 1.29 is 9.72 Å². The summed E-state index contributed by atoms with van der Waals surface area (Å²) in [6.45, 7) is 1.70. The number of carbonyl (C=O) groups is 1. The van der Waals surface area contributed by atoms with Gasteiger partial charge in [-0.25, -0.2) is 0 Å². The smallest absolute Gasteiger partial charge is 0.269 e. The topological polar surface area (TPSA) is 75.5 Å². The van der Waals surface area contributed by atoms with E-state index in [1.807, 2.05) is 29.2 Å². The Balaban J connectivity index is 1.44. The van der Waals surface area contributed by atoms with Crippen molar-refractivity contribution in [3.8, 4) is 0 Å². The van der Waals surface area contributed by atoms with Crippen LogP contribution >= 0.6 is 0 Å². The monoisotopic (exact) mass is 403 g/mol. The van der Waals surface area contributed by atoms with Crippen molar-refractivity contribution in [2.45, 2.75) is 37.6 Å². The van der Waals surface area contributed by atoms with Crippen molar-refractivity contribution in [3.63, 3.8) is 0 Å². The second-order valence-corrected chi connectivity index (χ2v) is 8.48. The first-order valence-electron chi connectivity index (χ1n) is 10.7. The van der Waals surface area contributed by atoms with Gasteiger partial charge in [-0.2, -0.15) is 0 Å². The third-order valence-electron chi connectivity index (χ3n) is 6.72. The highest BCUT2D eigenvalue weighted by Gasteiger charge is 2.38. The molecule has 6 nitrogen and oxygen atoms in total. The fraction of sp³-hybridized carbons (Fsp3) is 0.375. The molecule has 3 aliphatic rings. The van der Waals surface area contributed by atoms with Crippen molar-refractivity contribution in [1.29, 1.82) is 0 Å². The van der Waals surface area contributed by atoms with Gasteiger partial charge in [0.15, 0.2) is 0 Å². The van der Waals surface area contributed by atoms with E-state index in [0.29, 0.717) is 5.92 Å². The van der Waals surface area contributed by atoms with Crippen LogP contribution in [0.2, 0.25) is 0 Å². The highest BCUT2D eigenvalue weighted by atomic mass is 16.6. The Morgan fingerprint density at radius 1 is 1.07 bits per heavy atom. The molecule has 1 amide bonds. The Morgan fingerprint density at radius 2 is 1.83 bits per heavy atom. The summed E-state index contributed by atoms with van der Waals surface area (Å²) in [5.74, 6) is 0.711. The standard InChI is InChI=1S/C24H25N3O3/c28-24(26-13-2-1-3-14-26)17-9-12-22-21(15-17)19-5-4-6-20(19)23(25-22)16-7-10-18(11-8-16)27(29)30/h4-5,7-12,15,19-20,23,25H,1-3,6,13-14H2/t19-,20+,23+/m0/s1. The number of anilines is 1. The summed E-state index contributed by atoms with van der Waals surface area (Å²) >= 11 is 0. The van der Waals surface area contributed by atoms with E-state index in [-0.39, 0.29) is 28.5 Å². The minimum absolute atomic E-state index is 0.0851. The zero-order valence-electron chi connectivity index (χ0n) is 16.8. The Morgan fingerprint density at radius 3 is 2.57 bits per heavy atom. The number of non-ortho nitro benzene ring substituents is 1. The number of amides is 1. The molecule has 1 saturated heterocycles. The number of likely N-dealkylation sites (tertiary alicyclic amines) is 1. The van der Waals surface area contributed by atoms with E-state index in [0.717, 1.165) is 49.2 Å². The number of piperidine rings is 1. The Kier molecular flexibility index (Phi) is 4.77. The molecule has 0 aromatic heterocycles. The van der Waals surface area contributed by atoms with Gasteiger partial charge in [-0.05, 0) is 60.9 Å². The predicted molar refractivity (Wildman–Crippen MR) is 116 cm³/mol. The van der Waals surface area contributed by atoms with Gasteiger partial charge in [-0.3, -0.25) is 14.9 Å². The number of allylic oxidation sites excluding steroid dienone is 2. The molecular formula is C24H25N3O3. The molecule has 0 bridgehead atoms. The van der Waals surface area contributed by atoms with Crippen LogP contribution in [0.5, 0.6) is 0 Å².